The topological polar surface area (TPSA) is 81.7 Å². The van der Waals surface area contributed by atoms with Crippen LogP contribution in [0.3, 0.4) is 0 Å². The van der Waals surface area contributed by atoms with Crippen LogP contribution in [0.2, 0.25) is 0 Å². The van der Waals surface area contributed by atoms with Crippen LogP contribution in [0.5, 0.6) is 0 Å². The zero-order valence-electron chi connectivity index (χ0n) is 24.8. The zero-order valence-corrected chi connectivity index (χ0v) is 25.7. The highest BCUT2D eigenvalue weighted by Crippen LogP contribution is 2.37. The highest BCUT2D eigenvalue weighted by molar-refractivity contribution is 5.99. The largest absolute Gasteiger partial charge is 0.390 e. The van der Waals surface area contributed by atoms with E-state index >= 15 is 0 Å². The number of hydrogen-bond acceptors (Lipinski definition) is 4. The fourth-order valence-electron chi connectivity index (χ4n) is 7.11. The molecule has 2 amide bonds. The lowest BCUT2D eigenvalue weighted by molar-refractivity contribution is -0.117. The van der Waals surface area contributed by atoms with E-state index in [1.807, 2.05) is 47.4 Å². The second-order valence-electron chi connectivity index (χ2n) is 12.3. The van der Waals surface area contributed by atoms with E-state index in [4.69, 9.17) is 0 Å². The number of aryl methyl sites for hydroxylation is 1. The van der Waals surface area contributed by atoms with Crippen molar-refractivity contribution in [3.05, 3.63) is 101 Å². The van der Waals surface area contributed by atoms with E-state index in [2.05, 4.69) is 41.0 Å². The molecule has 6 nitrogen and oxygen atoms in total. The number of halogens is 1. The number of fused-ring (bicyclic) bond motifs is 1. The van der Waals surface area contributed by atoms with Crippen molar-refractivity contribution in [3.8, 4) is 0 Å². The molecule has 1 unspecified atom stereocenters. The van der Waals surface area contributed by atoms with Gasteiger partial charge >= 0.3 is 0 Å². The summed E-state index contributed by atoms with van der Waals surface area (Å²) >= 11 is 0. The Kier molecular flexibility index (Phi) is 10.6. The molecule has 43 heavy (non-hydrogen) atoms. The Hall–Kier alpha value is -3.19. The number of amides is 2. The molecule has 1 heterocycles. The van der Waals surface area contributed by atoms with Crippen molar-refractivity contribution in [2.75, 3.05) is 18.0 Å². The van der Waals surface area contributed by atoms with Crippen molar-refractivity contribution in [1.29, 1.82) is 0 Å². The first-order chi connectivity index (χ1) is 20.5. The molecule has 1 saturated carbocycles. The minimum atomic E-state index is -0.777. The second-order valence-corrected chi connectivity index (χ2v) is 12.3. The number of benzene rings is 3. The van der Waals surface area contributed by atoms with E-state index in [1.165, 1.54) is 24.0 Å². The molecule has 0 bridgehead atoms. The van der Waals surface area contributed by atoms with Crippen LogP contribution in [-0.2, 0) is 17.6 Å². The summed E-state index contributed by atoms with van der Waals surface area (Å²) in [5, 5.41) is 18.3. The average molecular weight is 602 g/mol. The first-order valence-electron chi connectivity index (χ1n) is 15.8. The minimum absolute atomic E-state index is 0. The molecule has 3 atom stereocenters. The summed E-state index contributed by atoms with van der Waals surface area (Å²) in [5.74, 6) is 0.339. The summed E-state index contributed by atoms with van der Waals surface area (Å²) in [5.41, 5.74) is 6.28. The molecule has 228 valence electrons. The Balaban J connectivity index is 0.00000368. The summed E-state index contributed by atoms with van der Waals surface area (Å²) in [4.78, 5) is 28.3. The van der Waals surface area contributed by atoms with E-state index in [0.29, 0.717) is 37.4 Å². The van der Waals surface area contributed by atoms with Gasteiger partial charge in [0, 0.05) is 36.8 Å². The first-order valence-corrected chi connectivity index (χ1v) is 15.8. The molecular formula is C36H44ClN3O3. The van der Waals surface area contributed by atoms with Crippen LogP contribution in [0, 0.1) is 0 Å². The molecule has 3 N–H and O–H groups in total. The Morgan fingerprint density at radius 3 is 2.44 bits per heavy atom. The SMILES string of the molecule is Cl.O=C(N[C@@H](Cc1ccccc1)[C@@H](O)CNC1CCCc2ccccc21)c1cc(C2CCCC2)cc(N2CCCC2=O)c1. The first kappa shape index (κ1) is 31.2. The number of aliphatic hydroxyl groups is 1. The second kappa shape index (κ2) is 14.5. The molecule has 2 fully saturated rings. The lowest BCUT2D eigenvalue weighted by Gasteiger charge is -2.30. The molecule has 0 aromatic heterocycles. The fourth-order valence-corrected chi connectivity index (χ4v) is 7.11. The predicted octanol–water partition coefficient (Wildman–Crippen LogP) is 6.26. The maximum absolute atomic E-state index is 13.9. The van der Waals surface area contributed by atoms with Crippen LogP contribution in [-0.4, -0.2) is 42.2 Å². The van der Waals surface area contributed by atoms with Crippen molar-refractivity contribution in [3.63, 3.8) is 0 Å². The van der Waals surface area contributed by atoms with E-state index in [1.54, 1.807) is 0 Å². The van der Waals surface area contributed by atoms with Gasteiger partial charge in [0.05, 0.1) is 12.1 Å². The Labute approximate surface area is 261 Å². The third-order valence-corrected chi connectivity index (χ3v) is 9.44. The van der Waals surface area contributed by atoms with E-state index in [9.17, 15) is 14.7 Å². The number of anilines is 1. The molecule has 3 aromatic rings. The number of carbonyl (C=O) groups is 2. The van der Waals surface area contributed by atoms with Crippen molar-refractivity contribution in [1.82, 2.24) is 10.6 Å². The predicted molar refractivity (Wildman–Crippen MR) is 174 cm³/mol. The monoisotopic (exact) mass is 601 g/mol. The molecule has 1 saturated heterocycles. The van der Waals surface area contributed by atoms with E-state index in [-0.39, 0.29) is 30.3 Å². The van der Waals surface area contributed by atoms with Crippen molar-refractivity contribution in [2.45, 2.75) is 88.3 Å². The average Bonchev–Trinajstić information content (AvgIpc) is 3.72. The Bertz CT molecular complexity index is 1390. The van der Waals surface area contributed by atoms with Crippen LogP contribution < -0.4 is 15.5 Å². The maximum atomic E-state index is 13.9. The molecule has 0 spiro atoms. The van der Waals surface area contributed by atoms with Crippen LogP contribution in [0.25, 0.3) is 0 Å². The van der Waals surface area contributed by atoms with Crippen LogP contribution in [0.4, 0.5) is 5.69 Å². The third-order valence-electron chi connectivity index (χ3n) is 9.44. The number of carbonyl (C=O) groups excluding carboxylic acids is 2. The number of nitrogens with one attached hydrogen (secondary N) is 2. The Morgan fingerprint density at radius 1 is 0.907 bits per heavy atom. The van der Waals surface area contributed by atoms with Crippen LogP contribution in [0.1, 0.15) is 95.9 Å². The van der Waals surface area contributed by atoms with Gasteiger partial charge in [0.2, 0.25) is 5.91 Å². The van der Waals surface area contributed by atoms with Crippen LogP contribution in [0.15, 0.2) is 72.8 Å². The summed E-state index contributed by atoms with van der Waals surface area (Å²) in [6.45, 7) is 1.08. The molecule has 2 aliphatic carbocycles. The van der Waals surface area contributed by atoms with Gasteiger partial charge in [-0.1, -0.05) is 67.4 Å². The molecular weight excluding hydrogens is 558 g/mol. The molecule has 1 aliphatic heterocycles. The summed E-state index contributed by atoms with van der Waals surface area (Å²) in [6, 6.07) is 24.3. The number of rotatable bonds is 10. The summed E-state index contributed by atoms with van der Waals surface area (Å²) in [6.07, 6.45) is 9.02. The molecule has 0 radical (unpaired) electrons. The smallest absolute Gasteiger partial charge is 0.251 e. The molecule has 3 aliphatic rings. The maximum Gasteiger partial charge on any atom is 0.251 e. The number of hydrogen-bond donors (Lipinski definition) is 3. The van der Waals surface area contributed by atoms with E-state index in [0.717, 1.165) is 55.3 Å². The van der Waals surface area contributed by atoms with Gasteiger partial charge in [0.15, 0.2) is 0 Å². The minimum Gasteiger partial charge on any atom is -0.390 e. The molecule has 7 heteroatoms. The lowest BCUT2D eigenvalue weighted by atomic mass is 9.87. The van der Waals surface area contributed by atoms with Gasteiger partial charge in [0.25, 0.3) is 5.91 Å². The summed E-state index contributed by atoms with van der Waals surface area (Å²) < 4.78 is 0. The van der Waals surface area contributed by atoms with Crippen molar-refractivity contribution in [2.24, 2.45) is 0 Å². The Morgan fingerprint density at radius 2 is 1.67 bits per heavy atom. The van der Waals surface area contributed by atoms with Gasteiger partial charge in [-0.3, -0.25) is 9.59 Å². The van der Waals surface area contributed by atoms with Crippen molar-refractivity contribution >= 4 is 29.9 Å². The lowest BCUT2D eigenvalue weighted by Crippen LogP contribution is -2.49. The van der Waals surface area contributed by atoms with Gasteiger partial charge in [-0.2, -0.15) is 0 Å². The number of aliphatic hydroxyl groups excluding tert-OH is 1. The van der Waals surface area contributed by atoms with Crippen molar-refractivity contribution < 1.29 is 14.7 Å². The highest BCUT2D eigenvalue weighted by atomic mass is 35.5. The van der Waals surface area contributed by atoms with Gasteiger partial charge in [-0.05, 0) is 91.3 Å². The van der Waals surface area contributed by atoms with Gasteiger partial charge in [-0.15, -0.1) is 12.4 Å². The normalized spacial score (nSPS) is 19.9. The van der Waals surface area contributed by atoms with Gasteiger partial charge in [-0.25, -0.2) is 0 Å². The number of nitrogens with zero attached hydrogens (tertiary/aromatic N) is 1. The zero-order chi connectivity index (χ0) is 28.9. The van der Waals surface area contributed by atoms with Crippen LogP contribution >= 0.6 is 12.4 Å². The molecule has 6 rings (SSSR count). The quantitative estimate of drug-likeness (QED) is 0.256. The van der Waals surface area contributed by atoms with E-state index < -0.39 is 12.1 Å². The summed E-state index contributed by atoms with van der Waals surface area (Å²) in [7, 11) is 0. The van der Waals surface area contributed by atoms with Gasteiger partial charge in [0.1, 0.15) is 0 Å². The molecule has 3 aromatic carbocycles. The third kappa shape index (κ3) is 7.49. The highest BCUT2D eigenvalue weighted by Gasteiger charge is 2.28. The standard InChI is InChI=1S/C36H43N3O3.ClH/c40-34(24-37-32-17-8-15-27-14-6-7-16-31(27)32)33(20-25-10-2-1-3-11-25)38-36(42)29-21-28(26-12-4-5-13-26)22-30(23-29)39-19-9-18-35(39)41;/h1-3,6-7,10-11,14,16,21-23,26,32-34,37,40H,4-5,8-9,12-13,15,17-20,24H2,(H,38,42);1H/t32?,33-,34-;/m0./s1. The van der Waals surface area contributed by atoms with Gasteiger partial charge < -0.3 is 20.6 Å². The fraction of sp³-hybridized carbons (Fsp3) is 0.444.